The van der Waals surface area contributed by atoms with Gasteiger partial charge >= 0.3 is 0 Å². The third-order valence-corrected chi connectivity index (χ3v) is 4.74. The molecule has 1 atom stereocenters. The number of fused-ring (bicyclic) bond motifs is 1. The maximum absolute atomic E-state index is 12.9. The number of carbonyl (C=O) groups excluding carboxylic acids is 1. The third-order valence-electron chi connectivity index (χ3n) is 4.74. The maximum atomic E-state index is 12.9. The normalized spacial score (nSPS) is 17.5. The molecule has 0 bridgehead atoms. The second-order valence-electron chi connectivity index (χ2n) is 7.12. The van der Waals surface area contributed by atoms with Gasteiger partial charge in [0.1, 0.15) is 17.6 Å². The van der Waals surface area contributed by atoms with Crippen LogP contribution >= 0.6 is 0 Å². The lowest BCUT2D eigenvalue weighted by Crippen LogP contribution is -2.25. The Labute approximate surface area is 156 Å². The van der Waals surface area contributed by atoms with Crippen molar-refractivity contribution in [2.75, 3.05) is 4.90 Å². The zero-order valence-corrected chi connectivity index (χ0v) is 15.3. The van der Waals surface area contributed by atoms with E-state index in [-0.39, 0.29) is 17.5 Å². The summed E-state index contributed by atoms with van der Waals surface area (Å²) >= 11 is 0. The van der Waals surface area contributed by atoms with Crippen molar-refractivity contribution >= 4 is 22.5 Å². The van der Waals surface area contributed by atoms with E-state index in [4.69, 9.17) is 4.42 Å². The molecule has 0 spiro atoms. The summed E-state index contributed by atoms with van der Waals surface area (Å²) in [5.41, 5.74) is 3.19. The Morgan fingerprint density at radius 3 is 2.93 bits per heavy atom. The first-order valence-corrected chi connectivity index (χ1v) is 8.88. The van der Waals surface area contributed by atoms with Gasteiger partial charge in [-0.05, 0) is 36.2 Å². The molecule has 1 aliphatic heterocycles. The maximum Gasteiger partial charge on any atom is 0.165 e. The number of nitrogens with one attached hydrogen (secondary N) is 1. The van der Waals surface area contributed by atoms with E-state index in [1.54, 1.807) is 24.7 Å². The number of Topliss-reactive ketones (excluding diaryl/α,β-unsaturated/α-hetero) is 1. The quantitative estimate of drug-likeness (QED) is 0.689. The Bertz CT molecular complexity index is 1040. The Balaban J connectivity index is 1.83. The molecule has 1 aliphatic rings. The number of benzene rings is 1. The lowest BCUT2D eigenvalue weighted by molar-refractivity contribution is -0.116. The summed E-state index contributed by atoms with van der Waals surface area (Å²) in [5, 5.41) is 10.8. The van der Waals surface area contributed by atoms with Gasteiger partial charge in [-0.25, -0.2) is 4.98 Å². The van der Waals surface area contributed by atoms with Gasteiger partial charge in [0.25, 0.3) is 0 Å². The number of aliphatic hydroxyl groups is 1. The Hall–Kier alpha value is -3.28. The number of anilines is 1. The van der Waals surface area contributed by atoms with E-state index in [0.717, 1.165) is 16.7 Å². The number of hydrogen-bond acceptors (Lipinski definition) is 5. The second-order valence-corrected chi connectivity index (χ2v) is 7.12. The van der Waals surface area contributed by atoms with E-state index in [1.165, 1.54) is 0 Å². The predicted octanol–water partition coefficient (Wildman–Crippen LogP) is 4.66. The fourth-order valence-electron chi connectivity index (χ4n) is 3.54. The number of hydrogen-bond donors (Lipinski definition) is 2. The van der Waals surface area contributed by atoms with Gasteiger partial charge in [0.05, 0.1) is 34.9 Å². The summed E-state index contributed by atoms with van der Waals surface area (Å²) in [5.74, 6) is 0.581. The van der Waals surface area contributed by atoms with Crippen LogP contribution in [0.3, 0.4) is 0 Å². The van der Waals surface area contributed by atoms with Crippen molar-refractivity contribution in [3.63, 3.8) is 0 Å². The molecular formula is C21H21N3O3. The van der Waals surface area contributed by atoms with Crippen molar-refractivity contribution in [3.05, 3.63) is 72.3 Å². The highest BCUT2D eigenvalue weighted by molar-refractivity contribution is 6.00. The smallest absolute Gasteiger partial charge is 0.165 e. The largest absolute Gasteiger partial charge is 0.505 e. The summed E-state index contributed by atoms with van der Waals surface area (Å²) in [4.78, 5) is 22.1. The first kappa shape index (κ1) is 17.1. The molecule has 1 aromatic carbocycles. The van der Waals surface area contributed by atoms with Gasteiger partial charge in [0.15, 0.2) is 5.78 Å². The fraction of sp³-hybridized carbons (Fsp3) is 0.238. The molecule has 1 unspecified atom stereocenters. The highest BCUT2D eigenvalue weighted by atomic mass is 16.3. The van der Waals surface area contributed by atoms with Gasteiger partial charge in [-0.1, -0.05) is 20.4 Å². The van der Waals surface area contributed by atoms with E-state index in [9.17, 15) is 9.90 Å². The van der Waals surface area contributed by atoms with Crippen LogP contribution in [0.25, 0.3) is 11.0 Å². The number of rotatable bonds is 5. The highest BCUT2D eigenvalue weighted by Gasteiger charge is 2.42. The zero-order valence-electron chi connectivity index (χ0n) is 15.3. The first-order chi connectivity index (χ1) is 13.0. The van der Waals surface area contributed by atoms with Crippen LogP contribution in [-0.2, 0) is 4.79 Å². The molecule has 27 heavy (non-hydrogen) atoms. The lowest BCUT2D eigenvalue weighted by Gasteiger charge is -2.27. The number of aliphatic hydroxyl groups excluding tert-OH is 1. The molecule has 2 N–H and O–H groups in total. The van der Waals surface area contributed by atoms with Crippen LogP contribution in [0.15, 0.2) is 70.9 Å². The molecule has 3 aromatic rings. The van der Waals surface area contributed by atoms with E-state index >= 15 is 0 Å². The van der Waals surface area contributed by atoms with E-state index in [1.807, 2.05) is 36.9 Å². The van der Waals surface area contributed by atoms with Crippen molar-refractivity contribution in [1.29, 1.82) is 0 Å². The molecule has 0 saturated carbocycles. The second kappa shape index (κ2) is 6.46. The molecule has 6 heteroatoms. The van der Waals surface area contributed by atoms with Crippen molar-refractivity contribution in [3.8, 4) is 0 Å². The van der Waals surface area contributed by atoms with Gasteiger partial charge in [-0.15, -0.1) is 0 Å². The first-order valence-electron chi connectivity index (χ1n) is 8.88. The summed E-state index contributed by atoms with van der Waals surface area (Å²) in [6, 6.07) is 8.73. The molecule has 4 rings (SSSR count). The van der Waals surface area contributed by atoms with Crippen LogP contribution < -0.4 is 4.90 Å². The summed E-state index contributed by atoms with van der Waals surface area (Å²) < 4.78 is 5.62. The molecule has 138 valence electrons. The molecule has 2 aromatic heterocycles. The Kier molecular flexibility index (Phi) is 4.11. The molecule has 0 amide bonds. The van der Waals surface area contributed by atoms with Gasteiger partial charge in [0, 0.05) is 12.1 Å². The molecule has 3 heterocycles. The number of H-pyrrole nitrogens is 1. The Morgan fingerprint density at radius 2 is 2.22 bits per heavy atom. The number of furan rings is 1. The number of nitrogens with zero attached hydrogens (tertiary/aromatic N) is 2. The van der Waals surface area contributed by atoms with E-state index < -0.39 is 6.04 Å². The molecule has 6 nitrogen and oxygen atoms in total. The van der Waals surface area contributed by atoms with Gasteiger partial charge < -0.3 is 19.4 Å². The third kappa shape index (κ3) is 2.83. The zero-order chi connectivity index (χ0) is 19.1. The number of aromatic nitrogens is 2. The van der Waals surface area contributed by atoms with Gasteiger partial charge in [-0.3, -0.25) is 4.79 Å². The van der Waals surface area contributed by atoms with Crippen molar-refractivity contribution < 1.29 is 14.3 Å². The highest BCUT2D eigenvalue weighted by Crippen LogP contribution is 2.45. The minimum absolute atomic E-state index is 0.0771. The average Bonchev–Trinajstić information content (AvgIpc) is 3.34. The molecule has 0 aliphatic carbocycles. The number of imidazole rings is 1. The van der Waals surface area contributed by atoms with Crippen LogP contribution in [0.2, 0.25) is 0 Å². The summed E-state index contributed by atoms with van der Waals surface area (Å²) in [6.07, 6.45) is 3.54. The van der Waals surface area contributed by atoms with E-state index in [0.29, 0.717) is 23.5 Å². The molecular weight excluding hydrogens is 342 g/mol. The minimum atomic E-state index is -0.556. The topological polar surface area (TPSA) is 82.4 Å². The van der Waals surface area contributed by atoms with E-state index in [2.05, 4.69) is 16.5 Å². The van der Waals surface area contributed by atoms with Gasteiger partial charge in [0.2, 0.25) is 0 Å². The monoisotopic (exact) mass is 363 g/mol. The van der Waals surface area contributed by atoms with Crippen LogP contribution in [0.4, 0.5) is 5.69 Å². The minimum Gasteiger partial charge on any atom is -0.505 e. The van der Waals surface area contributed by atoms with Crippen LogP contribution in [0, 0.1) is 5.92 Å². The van der Waals surface area contributed by atoms with Crippen molar-refractivity contribution in [2.24, 2.45) is 5.92 Å². The SMILES string of the molecule is C=C1C(O)=C(C(=O)CC(C)C)C(c2ccco2)N1c1ccc2nc[nH]c2c1. The molecule has 0 saturated heterocycles. The number of ketones is 1. The van der Waals surface area contributed by atoms with Crippen LogP contribution in [0.5, 0.6) is 0 Å². The van der Waals surface area contributed by atoms with Crippen molar-refractivity contribution in [2.45, 2.75) is 26.3 Å². The summed E-state index contributed by atoms with van der Waals surface area (Å²) in [6.45, 7) is 7.99. The van der Waals surface area contributed by atoms with Crippen LogP contribution in [0.1, 0.15) is 32.1 Å². The number of aromatic amines is 1. The fourth-order valence-corrected chi connectivity index (χ4v) is 3.54. The predicted molar refractivity (Wildman–Crippen MR) is 103 cm³/mol. The van der Waals surface area contributed by atoms with Crippen molar-refractivity contribution in [1.82, 2.24) is 9.97 Å². The molecule has 0 radical (unpaired) electrons. The summed E-state index contributed by atoms with van der Waals surface area (Å²) in [7, 11) is 0. The Morgan fingerprint density at radius 1 is 1.41 bits per heavy atom. The number of carbonyl (C=O) groups is 1. The average molecular weight is 363 g/mol. The van der Waals surface area contributed by atoms with Crippen LogP contribution in [-0.4, -0.2) is 20.9 Å². The standard InChI is InChI=1S/C21H21N3O3/c1-12(2)9-17(25)19-20(18-5-4-8-27-18)24(13(3)21(19)26)14-6-7-15-16(10-14)23-11-22-15/h4-8,10-12,20,26H,3,9H2,1-2H3,(H,22,23). The molecule has 0 fully saturated rings. The lowest BCUT2D eigenvalue weighted by atomic mass is 9.95. The van der Waals surface area contributed by atoms with Gasteiger partial charge in [-0.2, -0.15) is 0 Å².